The van der Waals surface area contributed by atoms with Crippen LogP contribution < -0.4 is 68.9 Å². The summed E-state index contributed by atoms with van der Waals surface area (Å²) in [5.41, 5.74) is 0. The molecule has 0 aliphatic heterocycles. The zero-order valence-electron chi connectivity index (χ0n) is 22.8. The van der Waals surface area contributed by atoms with E-state index in [1.54, 1.807) is 0 Å². The van der Waals surface area contributed by atoms with Gasteiger partial charge in [0.15, 0.2) is 6.10 Å². The maximum atomic E-state index is 12.1. The van der Waals surface area contributed by atoms with Gasteiger partial charge in [0.05, 0.1) is 14.4 Å². The maximum Gasteiger partial charge on any atom is 1.00 e. The predicted molar refractivity (Wildman–Crippen MR) is 153 cm³/mol. The largest absolute Gasteiger partial charge is 1.00 e. The zero-order chi connectivity index (χ0) is 26.2. The number of rotatable bonds is 18. The van der Waals surface area contributed by atoms with Crippen molar-refractivity contribution in [1.29, 1.82) is 0 Å². The summed E-state index contributed by atoms with van der Waals surface area (Å²) in [6.45, 7) is 0.893. The standard InChI is InChI=1S/C26H35O8P.2Na.H2S.7H2/c1-3-5-7-9-11-12-13-14-15-17-19-21-26(28)34-24(23-33-35(29,30)31)22-32-25(27)20-18-16-10-8-6-4-2;;;;;;;;;;/h2,24H,3,5,7,9,11-15,17,19,21-23H2,1H3,(H2,29,30,31);;;1H2;7*1H/q;2*+1;;;;;;;;/p-2/t24-;;;;;;;;;;/m1........../s1. The number of unbranched alkanes of at least 4 members (excludes halogenated alkanes) is 10. The van der Waals surface area contributed by atoms with Crippen LogP contribution in [-0.2, 0) is 28.2 Å². The predicted octanol–water partition coefficient (Wildman–Crippen LogP) is -1.53. The number of carbonyl (C=O) groups excluding carboxylic acids is 2. The van der Waals surface area contributed by atoms with Crippen molar-refractivity contribution in [1.82, 2.24) is 0 Å². The molecule has 0 bridgehead atoms. The topological polar surface area (TPSA) is 125 Å². The van der Waals surface area contributed by atoms with E-state index in [4.69, 9.17) is 15.9 Å². The second-order valence-corrected chi connectivity index (χ2v) is 8.79. The molecule has 0 aliphatic rings. The summed E-state index contributed by atoms with van der Waals surface area (Å²) in [4.78, 5) is 45.1. The summed E-state index contributed by atoms with van der Waals surface area (Å²) < 4.78 is 24.8. The summed E-state index contributed by atoms with van der Waals surface area (Å²) >= 11 is 0. The number of ether oxygens (including phenoxy) is 2. The van der Waals surface area contributed by atoms with Crippen molar-refractivity contribution in [3.63, 3.8) is 0 Å². The van der Waals surface area contributed by atoms with Crippen molar-refractivity contribution in [2.75, 3.05) is 13.2 Å². The second kappa shape index (κ2) is 31.2. The van der Waals surface area contributed by atoms with Crippen LogP contribution in [0.15, 0.2) is 0 Å². The Morgan fingerprint density at radius 1 is 0.842 bits per heavy atom. The Bertz CT molecular complexity index is 941. The zero-order valence-corrected chi connectivity index (χ0v) is 28.7. The molecule has 0 unspecified atom stereocenters. The van der Waals surface area contributed by atoms with Gasteiger partial charge in [-0.2, -0.15) is 13.5 Å². The van der Waals surface area contributed by atoms with Crippen molar-refractivity contribution < 1.29 is 107 Å². The van der Waals surface area contributed by atoms with Crippen LogP contribution in [0.25, 0.3) is 0 Å². The van der Waals surface area contributed by atoms with Gasteiger partial charge in [-0.25, -0.2) is 4.79 Å². The number of esters is 2. The van der Waals surface area contributed by atoms with E-state index in [2.05, 4.69) is 52.9 Å². The summed E-state index contributed by atoms with van der Waals surface area (Å²) in [7, 11) is -5.29. The monoisotopic (exact) mass is 598 g/mol. The van der Waals surface area contributed by atoms with Crippen LogP contribution in [0.1, 0.15) is 94.0 Å². The van der Waals surface area contributed by atoms with E-state index in [1.807, 2.05) is 0 Å². The van der Waals surface area contributed by atoms with Crippen LogP contribution in [-0.4, -0.2) is 31.3 Å². The van der Waals surface area contributed by atoms with Gasteiger partial charge in [0.25, 0.3) is 0 Å². The molecular formula is C26H49Na2O8PS. The molecule has 0 rings (SSSR count). The molecule has 214 valence electrons. The van der Waals surface area contributed by atoms with Crippen LogP contribution in [0.3, 0.4) is 0 Å². The molecule has 0 radical (unpaired) electrons. The Balaban J connectivity index is -0.000000128. The fourth-order valence-electron chi connectivity index (χ4n) is 2.89. The van der Waals surface area contributed by atoms with Crippen molar-refractivity contribution in [2.24, 2.45) is 0 Å². The van der Waals surface area contributed by atoms with E-state index in [0.29, 0.717) is 6.42 Å². The number of hydrogen-bond donors (Lipinski definition) is 0. The quantitative estimate of drug-likeness (QED) is 0.0465. The van der Waals surface area contributed by atoms with E-state index in [0.717, 1.165) is 19.3 Å². The number of phosphoric ester groups is 1. The first-order valence-corrected chi connectivity index (χ1v) is 13.2. The minimum absolute atomic E-state index is 0. The molecule has 0 saturated carbocycles. The van der Waals surface area contributed by atoms with E-state index in [1.165, 1.54) is 44.9 Å². The first kappa shape index (κ1) is 44.7. The van der Waals surface area contributed by atoms with Gasteiger partial charge in [-0.3, -0.25) is 4.79 Å². The van der Waals surface area contributed by atoms with Crippen LogP contribution in [0.4, 0.5) is 0 Å². The first-order valence-electron chi connectivity index (χ1n) is 11.8. The van der Waals surface area contributed by atoms with Gasteiger partial charge in [-0.15, -0.1) is 6.42 Å². The Kier molecular flexibility index (Phi) is 36.6. The fourth-order valence-corrected chi connectivity index (χ4v) is 3.23. The molecule has 0 N–H and O–H groups in total. The van der Waals surface area contributed by atoms with Crippen molar-refractivity contribution in [3.8, 4) is 47.9 Å². The van der Waals surface area contributed by atoms with E-state index < -0.39 is 39.1 Å². The van der Waals surface area contributed by atoms with Gasteiger partial charge in [-0.1, -0.05) is 71.1 Å². The Morgan fingerprint density at radius 3 is 1.87 bits per heavy atom. The molecule has 0 aromatic rings. The minimum Gasteiger partial charge on any atom is -0.790 e. The molecule has 8 nitrogen and oxygen atoms in total. The molecule has 0 aromatic heterocycles. The van der Waals surface area contributed by atoms with Gasteiger partial charge in [-0.05, 0) is 41.9 Å². The van der Waals surface area contributed by atoms with E-state index in [9.17, 15) is 23.9 Å². The average molecular weight is 599 g/mol. The number of carbonyl (C=O) groups is 2. The van der Waals surface area contributed by atoms with Gasteiger partial charge in [0.1, 0.15) is 6.61 Å². The van der Waals surface area contributed by atoms with Crippen LogP contribution >= 0.6 is 21.3 Å². The number of terminal acetylenes is 1. The molecule has 0 spiro atoms. The molecule has 0 amide bonds. The molecule has 38 heavy (non-hydrogen) atoms. The third-order valence-electron chi connectivity index (χ3n) is 4.59. The smallest absolute Gasteiger partial charge is 0.790 e. The summed E-state index contributed by atoms with van der Waals surface area (Å²) in [6, 6.07) is 0. The fraction of sp³-hybridized carbons (Fsp3) is 0.615. The Labute approximate surface area is 289 Å². The molecule has 0 aliphatic carbocycles. The van der Waals surface area contributed by atoms with Gasteiger partial charge in [0, 0.05) is 22.3 Å². The van der Waals surface area contributed by atoms with Crippen molar-refractivity contribution in [3.05, 3.63) is 0 Å². The average Bonchev–Trinajstić information content (AvgIpc) is 2.81. The second-order valence-electron chi connectivity index (χ2n) is 7.63. The normalized spacial score (nSPS) is 9.95. The SMILES string of the molecule is C#CC#CC#CC#CC(=O)OC[C@H](COP(=O)([O-])[O-])OC(=O)CCCCCCCCCCCCC.S.[HH].[HH].[HH].[HH].[HH].[HH].[HH].[Na+].[Na+]. The number of phosphoric acid groups is 1. The number of hydrogen-bond acceptors (Lipinski definition) is 8. The Hall–Kier alpha value is -0.360. The van der Waals surface area contributed by atoms with Gasteiger partial charge < -0.3 is 28.3 Å². The van der Waals surface area contributed by atoms with E-state index >= 15 is 0 Å². The summed E-state index contributed by atoms with van der Waals surface area (Å²) in [5, 5.41) is 0. The van der Waals surface area contributed by atoms with Crippen LogP contribution in [0.2, 0.25) is 0 Å². The van der Waals surface area contributed by atoms with Gasteiger partial charge in [0.2, 0.25) is 0 Å². The molecule has 0 aromatic carbocycles. The van der Waals surface area contributed by atoms with Gasteiger partial charge >= 0.3 is 71.1 Å². The third kappa shape index (κ3) is 33.7. The first-order chi connectivity index (χ1) is 16.8. The van der Waals surface area contributed by atoms with Crippen LogP contribution in [0, 0.1) is 47.9 Å². The van der Waals surface area contributed by atoms with Crippen molar-refractivity contribution >= 4 is 33.3 Å². The minimum atomic E-state index is -5.29. The third-order valence-corrected chi connectivity index (χ3v) is 5.05. The molecule has 12 heteroatoms. The molecule has 1 atom stereocenters. The molecule has 0 heterocycles. The summed E-state index contributed by atoms with van der Waals surface area (Å²) in [5.74, 6) is 13.8. The van der Waals surface area contributed by atoms with Crippen LogP contribution in [0.5, 0.6) is 0 Å². The molecule has 0 fully saturated rings. The summed E-state index contributed by atoms with van der Waals surface area (Å²) in [6.07, 6.45) is 16.1. The molecular weight excluding hydrogens is 549 g/mol. The maximum absolute atomic E-state index is 12.1. The van der Waals surface area contributed by atoms with E-state index in [-0.39, 0.29) is 89.0 Å². The molecule has 0 saturated heterocycles. The Morgan fingerprint density at radius 2 is 1.34 bits per heavy atom. The van der Waals surface area contributed by atoms with Crippen molar-refractivity contribution in [2.45, 2.75) is 90.1 Å².